The van der Waals surface area contributed by atoms with Crippen LogP contribution in [0.25, 0.3) is 0 Å². The Balaban J connectivity index is 1.68. The number of aromatic nitrogens is 3. The lowest BCUT2D eigenvalue weighted by atomic mass is 10.2. The van der Waals surface area contributed by atoms with Gasteiger partial charge in [-0.25, -0.2) is 4.99 Å². The number of hydrogen-bond donors (Lipinski definition) is 2. The quantitative estimate of drug-likeness (QED) is 0.427. The van der Waals surface area contributed by atoms with E-state index < -0.39 is 0 Å². The van der Waals surface area contributed by atoms with Crippen LogP contribution in [0.5, 0.6) is 5.75 Å². The molecule has 1 aromatic carbocycles. The zero-order valence-electron chi connectivity index (χ0n) is 18.3. The first-order valence-corrected chi connectivity index (χ1v) is 10.8. The van der Waals surface area contributed by atoms with Crippen molar-refractivity contribution in [3.05, 3.63) is 63.4 Å². The van der Waals surface area contributed by atoms with E-state index in [1.165, 1.54) is 9.75 Å². The van der Waals surface area contributed by atoms with E-state index in [0.29, 0.717) is 13.1 Å². The van der Waals surface area contributed by atoms with Gasteiger partial charge in [0.25, 0.3) is 0 Å². The number of hydrogen-bond acceptors (Lipinski definition) is 5. The fraction of sp³-hybridized carbons (Fsp3) is 0.409. The maximum atomic E-state index is 5.23. The third-order valence-electron chi connectivity index (χ3n) is 4.86. The number of nitrogens with zero attached hydrogens (tertiary/aromatic N) is 4. The van der Waals surface area contributed by atoms with Gasteiger partial charge in [-0.15, -0.1) is 21.5 Å². The molecule has 2 N–H and O–H groups in total. The second-order valence-electron chi connectivity index (χ2n) is 7.35. The number of benzene rings is 1. The Labute approximate surface area is 182 Å². The van der Waals surface area contributed by atoms with Gasteiger partial charge >= 0.3 is 0 Å². The van der Waals surface area contributed by atoms with Crippen molar-refractivity contribution in [3.8, 4) is 5.75 Å². The second-order valence-corrected chi connectivity index (χ2v) is 8.72. The van der Waals surface area contributed by atoms with E-state index in [1.54, 1.807) is 7.11 Å². The second kappa shape index (κ2) is 10.2. The predicted octanol–water partition coefficient (Wildman–Crippen LogP) is 3.37. The third-order valence-corrected chi connectivity index (χ3v) is 5.88. The average molecular weight is 427 g/mol. The first kappa shape index (κ1) is 21.8. The van der Waals surface area contributed by atoms with Gasteiger partial charge in [-0.2, -0.15) is 0 Å². The Morgan fingerprint density at radius 2 is 1.93 bits per heavy atom. The van der Waals surface area contributed by atoms with E-state index >= 15 is 0 Å². The molecule has 0 aliphatic heterocycles. The SMILES string of the molecule is COc1ccc(CN=C(NCc2nnc(C)n2C)NC(C)Cc2ccc(C)s2)cc1. The monoisotopic (exact) mass is 426 g/mol. The fourth-order valence-corrected chi connectivity index (χ4v) is 4.02. The van der Waals surface area contributed by atoms with Crippen molar-refractivity contribution in [1.29, 1.82) is 0 Å². The molecule has 1 unspecified atom stereocenters. The fourth-order valence-electron chi connectivity index (χ4n) is 3.00. The van der Waals surface area contributed by atoms with Crippen molar-refractivity contribution < 1.29 is 4.74 Å². The summed E-state index contributed by atoms with van der Waals surface area (Å²) in [6, 6.07) is 12.6. The topological polar surface area (TPSA) is 76.4 Å². The molecule has 0 aliphatic carbocycles. The Morgan fingerprint density at radius 1 is 1.17 bits per heavy atom. The minimum atomic E-state index is 0.242. The van der Waals surface area contributed by atoms with Crippen LogP contribution in [-0.2, 0) is 26.6 Å². The smallest absolute Gasteiger partial charge is 0.192 e. The van der Waals surface area contributed by atoms with Gasteiger partial charge in [0.1, 0.15) is 11.6 Å². The minimum Gasteiger partial charge on any atom is -0.497 e. The van der Waals surface area contributed by atoms with Gasteiger partial charge in [0.15, 0.2) is 11.8 Å². The van der Waals surface area contributed by atoms with E-state index in [-0.39, 0.29) is 6.04 Å². The molecule has 0 fully saturated rings. The van der Waals surface area contributed by atoms with Crippen molar-refractivity contribution in [2.75, 3.05) is 7.11 Å². The molecule has 160 valence electrons. The maximum Gasteiger partial charge on any atom is 0.192 e. The molecule has 2 heterocycles. The Kier molecular flexibility index (Phi) is 7.46. The summed E-state index contributed by atoms with van der Waals surface area (Å²) in [5, 5.41) is 15.3. The van der Waals surface area contributed by atoms with Crippen LogP contribution in [0.4, 0.5) is 0 Å². The summed E-state index contributed by atoms with van der Waals surface area (Å²) >= 11 is 1.84. The summed E-state index contributed by atoms with van der Waals surface area (Å²) in [6.45, 7) is 7.38. The zero-order valence-corrected chi connectivity index (χ0v) is 19.1. The summed E-state index contributed by atoms with van der Waals surface area (Å²) in [5.41, 5.74) is 1.12. The molecule has 0 spiro atoms. The molecule has 0 radical (unpaired) electrons. The molecule has 30 heavy (non-hydrogen) atoms. The molecular weight excluding hydrogens is 396 g/mol. The summed E-state index contributed by atoms with van der Waals surface area (Å²) in [7, 11) is 3.64. The normalized spacial score (nSPS) is 12.6. The minimum absolute atomic E-state index is 0.242. The van der Waals surface area contributed by atoms with Crippen LogP contribution in [0.3, 0.4) is 0 Å². The van der Waals surface area contributed by atoms with E-state index in [9.17, 15) is 0 Å². The van der Waals surface area contributed by atoms with Gasteiger partial charge < -0.3 is 19.9 Å². The number of guanidine groups is 1. The van der Waals surface area contributed by atoms with Crippen LogP contribution >= 0.6 is 11.3 Å². The van der Waals surface area contributed by atoms with Crippen LogP contribution < -0.4 is 15.4 Å². The highest BCUT2D eigenvalue weighted by Crippen LogP contribution is 2.17. The van der Waals surface area contributed by atoms with Crippen molar-refractivity contribution in [1.82, 2.24) is 25.4 Å². The van der Waals surface area contributed by atoms with Gasteiger partial charge in [0, 0.05) is 29.3 Å². The van der Waals surface area contributed by atoms with Crippen LogP contribution in [0.2, 0.25) is 0 Å². The number of rotatable bonds is 8. The van der Waals surface area contributed by atoms with Crippen LogP contribution in [-0.4, -0.2) is 33.9 Å². The van der Waals surface area contributed by atoms with Crippen LogP contribution in [0.1, 0.15) is 33.9 Å². The number of aryl methyl sites for hydroxylation is 2. The number of aliphatic imine (C=N–C) groups is 1. The van der Waals surface area contributed by atoms with Gasteiger partial charge in [-0.3, -0.25) is 0 Å². The summed E-state index contributed by atoms with van der Waals surface area (Å²) in [6.07, 6.45) is 0.949. The molecule has 0 bridgehead atoms. The molecule has 7 nitrogen and oxygen atoms in total. The first-order chi connectivity index (χ1) is 14.4. The molecule has 0 saturated carbocycles. The highest BCUT2D eigenvalue weighted by molar-refractivity contribution is 7.11. The van der Waals surface area contributed by atoms with Crippen molar-refractivity contribution in [3.63, 3.8) is 0 Å². The first-order valence-electron chi connectivity index (χ1n) is 10.0. The lowest BCUT2D eigenvalue weighted by Gasteiger charge is -2.18. The number of methoxy groups -OCH3 is 1. The standard InChI is InChI=1S/C22H30N6OS/c1-15(12-20-11-6-16(2)30-20)25-22(24-14-21-27-26-17(3)28(21)4)23-13-18-7-9-19(29-5)10-8-18/h6-11,15H,12-14H2,1-5H3,(H2,23,24,25). The highest BCUT2D eigenvalue weighted by Gasteiger charge is 2.10. The highest BCUT2D eigenvalue weighted by atomic mass is 32.1. The summed E-state index contributed by atoms with van der Waals surface area (Å²) in [5.74, 6) is 3.36. The lowest BCUT2D eigenvalue weighted by molar-refractivity contribution is 0.414. The van der Waals surface area contributed by atoms with Gasteiger partial charge in [-0.1, -0.05) is 12.1 Å². The van der Waals surface area contributed by atoms with Gasteiger partial charge in [0.2, 0.25) is 0 Å². The number of nitrogens with one attached hydrogen (secondary N) is 2. The van der Waals surface area contributed by atoms with Crippen molar-refractivity contribution in [2.45, 2.75) is 46.3 Å². The van der Waals surface area contributed by atoms with Gasteiger partial charge in [0.05, 0.1) is 20.2 Å². The summed E-state index contributed by atoms with van der Waals surface area (Å²) < 4.78 is 7.21. The Morgan fingerprint density at radius 3 is 2.53 bits per heavy atom. The number of thiophene rings is 1. The predicted molar refractivity (Wildman–Crippen MR) is 122 cm³/mol. The molecule has 0 saturated heterocycles. The zero-order chi connectivity index (χ0) is 21.5. The molecule has 8 heteroatoms. The van der Waals surface area contributed by atoms with Crippen molar-refractivity contribution >= 4 is 17.3 Å². The van der Waals surface area contributed by atoms with Crippen molar-refractivity contribution in [2.24, 2.45) is 12.0 Å². The molecule has 3 aromatic rings. The van der Waals surface area contributed by atoms with Crippen LogP contribution in [0, 0.1) is 13.8 Å². The molecular formula is C22H30N6OS. The largest absolute Gasteiger partial charge is 0.497 e. The molecule has 2 aromatic heterocycles. The summed E-state index contributed by atoms with van der Waals surface area (Å²) in [4.78, 5) is 7.49. The molecule has 3 rings (SSSR count). The van der Waals surface area contributed by atoms with E-state index in [4.69, 9.17) is 9.73 Å². The Hall–Kier alpha value is -2.87. The average Bonchev–Trinajstić information content (AvgIpc) is 3.29. The Bertz CT molecular complexity index is 976. The van der Waals surface area contributed by atoms with Crippen LogP contribution in [0.15, 0.2) is 41.4 Å². The molecule has 0 aliphatic rings. The van der Waals surface area contributed by atoms with E-state index in [1.807, 2.05) is 54.1 Å². The molecule has 1 atom stereocenters. The number of ether oxygens (including phenoxy) is 1. The van der Waals surface area contributed by atoms with E-state index in [2.05, 4.69) is 46.8 Å². The maximum absolute atomic E-state index is 5.23. The third kappa shape index (κ3) is 6.06. The van der Waals surface area contributed by atoms with E-state index in [0.717, 1.165) is 35.3 Å². The van der Waals surface area contributed by atoms with Gasteiger partial charge in [-0.05, 0) is 50.6 Å². The lowest BCUT2D eigenvalue weighted by Crippen LogP contribution is -2.43. The molecule has 0 amide bonds.